The molecule has 0 spiro atoms. The van der Waals surface area contributed by atoms with Crippen LogP contribution in [0.4, 0.5) is 0 Å². The largest absolute Gasteiger partial charge is 0.383 e. The topological polar surface area (TPSA) is 32.8 Å². The number of rotatable bonds is 5. The molecule has 0 radical (unpaired) electrons. The van der Waals surface area contributed by atoms with Crippen molar-refractivity contribution in [2.24, 2.45) is 0 Å². The maximum atomic E-state index is 12.8. The minimum Gasteiger partial charge on any atom is -0.383 e. The molecule has 0 N–H and O–H groups in total. The van der Waals surface area contributed by atoms with Crippen LogP contribution in [0, 0.1) is 0 Å². The van der Waals surface area contributed by atoms with E-state index in [0.29, 0.717) is 17.1 Å². The number of methoxy groups -OCH3 is 1. The van der Waals surface area contributed by atoms with Crippen LogP contribution in [-0.2, 0) is 9.53 Å². The monoisotopic (exact) mass is 350 g/mol. The van der Waals surface area contributed by atoms with E-state index < -0.39 is 0 Å². The van der Waals surface area contributed by atoms with E-state index in [-0.39, 0.29) is 5.91 Å². The molecule has 1 aliphatic rings. The van der Waals surface area contributed by atoms with Gasteiger partial charge in [0.05, 0.1) is 6.61 Å². The van der Waals surface area contributed by atoms with Crippen molar-refractivity contribution >= 4 is 23.6 Å². The minimum absolute atomic E-state index is 0.107. The maximum Gasteiger partial charge on any atom is 0.249 e. The number of benzene rings is 1. The van der Waals surface area contributed by atoms with Crippen LogP contribution in [0.2, 0.25) is 5.02 Å². The molecule has 1 saturated heterocycles. The van der Waals surface area contributed by atoms with Gasteiger partial charge in [0.2, 0.25) is 5.91 Å². The highest BCUT2D eigenvalue weighted by Crippen LogP contribution is 2.19. The Bertz CT molecular complexity index is 574. The van der Waals surface area contributed by atoms with Crippen molar-refractivity contribution < 1.29 is 9.53 Å². The third-order valence-corrected chi connectivity index (χ3v) is 4.78. The standard InChI is InChI=1S/C19H27ClN2O2/c1-14(11-17-5-7-18(20)8-6-17)19(23)21-12-15(2)22(9-10-24-4)16(3)13-21/h5-8,11,15-16H,9-10,12-13H2,1-4H3/b14-11+. The molecule has 2 atom stereocenters. The van der Waals surface area contributed by atoms with Gasteiger partial charge in [-0.2, -0.15) is 0 Å². The van der Waals surface area contributed by atoms with Crippen molar-refractivity contribution in [3.63, 3.8) is 0 Å². The molecule has 1 aromatic carbocycles. The highest BCUT2D eigenvalue weighted by Gasteiger charge is 2.31. The van der Waals surface area contributed by atoms with E-state index in [1.165, 1.54) is 0 Å². The number of carbonyl (C=O) groups excluding carboxylic acids is 1. The Morgan fingerprint density at radius 1 is 1.25 bits per heavy atom. The molecule has 1 heterocycles. The zero-order valence-corrected chi connectivity index (χ0v) is 15.7. The summed E-state index contributed by atoms with van der Waals surface area (Å²) < 4.78 is 5.19. The first kappa shape index (κ1) is 19.0. The Morgan fingerprint density at radius 3 is 2.38 bits per heavy atom. The van der Waals surface area contributed by atoms with Crippen LogP contribution in [0.3, 0.4) is 0 Å². The zero-order valence-electron chi connectivity index (χ0n) is 15.0. The summed E-state index contributed by atoms with van der Waals surface area (Å²) in [6, 6.07) is 8.18. The summed E-state index contributed by atoms with van der Waals surface area (Å²) in [6.45, 7) is 9.34. The van der Waals surface area contributed by atoms with Gasteiger partial charge in [0.15, 0.2) is 0 Å². The van der Waals surface area contributed by atoms with Gasteiger partial charge in [-0.25, -0.2) is 0 Å². The van der Waals surface area contributed by atoms with Crippen LogP contribution in [0.1, 0.15) is 26.3 Å². The minimum atomic E-state index is 0.107. The SMILES string of the molecule is COCCN1C(C)CN(C(=O)/C(C)=C/c2ccc(Cl)cc2)CC1C. The normalized spacial score (nSPS) is 22.7. The van der Waals surface area contributed by atoms with Crippen LogP contribution < -0.4 is 0 Å². The Morgan fingerprint density at radius 2 is 1.83 bits per heavy atom. The molecule has 1 aromatic rings. The van der Waals surface area contributed by atoms with Gasteiger partial charge in [0.25, 0.3) is 0 Å². The van der Waals surface area contributed by atoms with Gasteiger partial charge in [-0.3, -0.25) is 9.69 Å². The summed E-state index contributed by atoms with van der Waals surface area (Å²) in [4.78, 5) is 17.1. The predicted molar refractivity (Wildman–Crippen MR) is 99.2 cm³/mol. The van der Waals surface area contributed by atoms with Crippen LogP contribution in [-0.4, -0.2) is 61.1 Å². The van der Waals surface area contributed by atoms with Crippen molar-refractivity contribution in [1.29, 1.82) is 0 Å². The van der Waals surface area contributed by atoms with Gasteiger partial charge in [0, 0.05) is 49.4 Å². The molecule has 0 aliphatic carbocycles. The Hall–Kier alpha value is -1.36. The maximum absolute atomic E-state index is 12.8. The van der Waals surface area contributed by atoms with Gasteiger partial charge in [-0.15, -0.1) is 0 Å². The summed E-state index contributed by atoms with van der Waals surface area (Å²) in [5.41, 5.74) is 1.74. The second kappa shape index (κ2) is 8.65. The van der Waals surface area contributed by atoms with Crippen LogP contribution in [0.15, 0.2) is 29.8 Å². The molecule has 132 valence electrons. The van der Waals surface area contributed by atoms with Crippen molar-refractivity contribution in [2.75, 3.05) is 33.4 Å². The van der Waals surface area contributed by atoms with Gasteiger partial charge >= 0.3 is 0 Å². The second-order valence-corrected chi connectivity index (χ2v) is 6.95. The molecule has 1 amide bonds. The second-order valence-electron chi connectivity index (χ2n) is 6.52. The lowest BCUT2D eigenvalue weighted by Gasteiger charge is -2.44. The quantitative estimate of drug-likeness (QED) is 0.764. The molecule has 2 rings (SSSR count). The molecule has 4 nitrogen and oxygen atoms in total. The fraction of sp³-hybridized carbons (Fsp3) is 0.526. The Balaban J connectivity index is 2.03. The zero-order chi connectivity index (χ0) is 17.7. The summed E-state index contributed by atoms with van der Waals surface area (Å²) in [6.07, 6.45) is 1.92. The Labute approximate surface area is 150 Å². The third kappa shape index (κ3) is 4.82. The molecule has 0 aromatic heterocycles. The number of ether oxygens (including phenoxy) is 1. The third-order valence-electron chi connectivity index (χ3n) is 4.53. The van der Waals surface area contributed by atoms with E-state index in [0.717, 1.165) is 37.4 Å². The molecular weight excluding hydrogens is 324 g/mol. The lowest BCUT2D eigenvalue weighted by Crippen LogP contribution is -2.58. The van der Waals surface area contributed by atoms with E-state index >= 15 is 0 Å². The summed E-state index contributed by atoms with van der Waals surface area (Å²) in [5, 5.41) is 0.700. The molecule has 24 heavy (non-hydrogen) atoms. The first-order valence-corrected chi connectivity index (χ1v) is 8.78. The summed E-state index contributed by atoms with van der Waals surface area (Å²) in [5.74, 6) is 0.107. The molecule has 5 heteroatoms. The molecular formula is C19H27ClN2O2. The summed E-state index contributed by atoms with van der Waals surface area (Å²) >= 11 is 5.90. The van der Waals surface area contributed by atoms with Gasteiger partial charge in [-0.05, 0) is 44.5 Å². The van der Waals surface area contributed by atoms with E-state index in [9.17, 15) is 4.79 Å². The predicted octanol–water partition coefficient (Wildman–Crippen LogP) is 3.31. The van der Waals surface area contributed by atoms with E-state index in [1.54, 1.807) is 7.11 Å². The Kier molecular flexibility index (Phi) is 6.84. The number of carbonyl (C=O) groups is 1. The number of halogens is 1. The van der Waals surface area contributed by atoms with Crippen molar-refractivity contribution in [3.05, 3.63) is 40.4 Å². The molecule has 0 saturated carbocycles. The molecule has 0 bridgehead atoms. The average Bonchev–Trinajstić information content (AvgIpc) is 2.55. The smallest absolute Gasteiger partial charge is 0.249 e. The number of piperazine rings is 1. The van der Waals surface area contributed by atoms with Crippen molar-refractivity contribution in [2.45, 2.75) is 32.9 Å². The molecule has 1 aliphatic heterocycles. The highest BCUT2D eigenvalue weighted by atomic mass is 35.5. The molecule has 2 unspecified atom stereocenters. The van der Waals surface area contributed by atoms with E-state index in [2.05, 4.69) is 18.7 Å². The number of amides is 1. The van der Waals surface area contributed by atoms with Crippen LogP contribution in [0.5, 0.6) is 0 Å². The van der Waals surface area contributed by atoms with Gasteiger partial charge in [0.1, 0.15) is 0 Å². The lowest BCUT2D eigenvalue weighted by molar-refractivity contribution is -0.131. The number of hydrogen-bond donors (Lipinski definition) is 0. The van der Waals surface area contributed by atoms with Gasteiger partial charge in [-0.1, -0.05) is 23.7 Å². The lowest BCUT2D eigenvalue weighted by atomic mass is 10.1. The van der Waals surface area contributed by atoms with Gasteiger partial charge < -0.3 is 9.64 Å². The number of nitrogens with zero attached hydrogens (tertiary/aromatic N) is 2. The van der Waals surface area contributed by atoms with Crippen molar-refractivity contribution in [3.8, 4) is 0 Å². The number of hydrogen-bond acceptors (Lipinski definition) is 3. The summed E-state index contributed by atoms with van der Waals surface area (Å²) in [7, 11) is 1.72. The first-order valence-electron chi connectivity index (χ1n) is 8.40. The van der Waals surface area contributed by atoms with Crippen molar-refractivity contribution in [1.82, 2.24) is 9.80 Å². The van der Waals surface area contributed by atoms with Crippen LogP contribution in [0.25, 0.3) is 6.08 Å². The highest BCUT2D eigenvalue weighted by molar-refractivity contribution is 6.30. The fourth-order valence-electron chi connectivity index (χ4n) is 3.28. The molecule has 1 fully saturated rings. The van der Waals surface area contributed by atoms with Crippen LogP contribution >= 0.6 is 11.6 Å². The van der Waals surface area contributed by atoms with E-state index in [1.807, 2.05) is 42.2 Å². The fourth-order valence-corrected chi connectivity index (χ4v) is 3.41. The first-order chi connectivity index (χ1) is 11.4. The van der Waals surface area contributed by atoms with E-state index in [4.69, 9.17) is 16.3 Å². The average molecular weight is 351 g/mol.